The monoisotopic (exact) mass is 513 g/mol. The van der Waals surface area contributed by atoms with Crippen molar-refractivity contribution < 1.29 is 9.47 Å². The van der Waals surface area contributed by atoms with Crippen molar-refractivity contribution in [1.82, 2.24) is 20.6 Å². The summed E-state index contributed by atoms with van der Waals surface area (Å²) in [5, 5.41) is 6.62. The standard InChI is InChI=1S/C21H31N5O2.HI/c1-2-22-21(23-10-6-11-27-15-17-9-12-28-16-17)25-14-20-24-13-19(26-20)18-7-4-3-5-8-18;/h3-5,7-8,13,17H,2,6,9-12,14-16H2,1H3,(H,24,26)(H2,22,23,25);1H. The van der Waals surface area contributed by atoms with E-state index in [-0.39, 0.29) is 24.0 Å². The van der Waals surface area contributed by atoms with E-state index in [4.69, 9.17) is 9.47 Å². The van der Waals surface area contributed by atoms with Gasteiger partial charge in [-0.2, -0.15) is 0 Å². The third-order valence-electron chi connectivity index (χ3n) is 4.58. The Kier molecular flexibility index (Phi) is 11.0. The van der Waals surface area contributed by atoms with E-state index in [2.05, 4.69) is 44.7 Å². The number of hydrogen-bond donors (Lipinski definition) is 3. The van der Waals surface area contributed by atoms with Gasteiger partial charge in [-0.05, 0) is 25.3 Å². The van der Waals surface area contributed by atoms with Gasteiger partial charge in [-0.25, -0.2) is 9.98 Å². The lowest BCUT2D eigenvalue weighted by Gasteiger charge is -2.12. The number of aromatic amines is 1. The molecule has 1 atom stereocenters. The first-order valence-electron chi connectivity index (χ1n) is 10.1. The van der Waals surface area contributed by atoms with Crippen molar-refractivity contribution >= 4 is 29.9 Å². The number of halogens is 1. The number of H-pyrrole nitrogens is 1. The number of imidazole rings is 1. The summed E-state index contributed by atoms with van der Waals surface area (Å²) in [4.78, 5) is 12.4. The van der Waals surface area contributed by atoms with Crippen LogP contribution < -0.4 is 10.6 Å². The second-order valence-electron chi connectivity index (χ2n) is 6.89. The molecular formula is C21H32IN5O2. The van der Waals surface area contributed by atoms with Crippen LogP contribution in [0.15, 0.2) is 41.5 Å². The highest BCUT2D eigenvalue weighted by atomic mass is 127. The average Bonchev–Trinajstić information content (AvgIpc) is 3.41. The number of aromatic nitrogens is 2. The van der Waals surface area contributed by atoms with E-state index in [9.17, 15) is 0 Å². The van der Waals surface area contributed by atoms with Crippen molar-refractivity contribution in [2.75, 3.05) is 39.5 Å². The SMILES string of the molecule is CCNC(=NCc1ncc(-c2ccccc2)[nH]1)NCCCOCC1CCOC1.I. The molecule has 3 N–H and O–H groups in total. The zero-order valence-electron chi connectivity index (χ0n) is 17.0. The number of benzene rings is 1. The lowest BCUT2D eigenvalue weighted by Crippen LogP contribution is -2.38. The molecule has 0 aliphatic carbocycles. The highest BCUT2D eigenvalue weighted by molar-refractivity contribution is 14.0. The van der Waals surface area contributed by atoms with Gasteiger partial charge in [-0.3, -0.25) is 0 Å². The molecule has 1 aliphatic heterocycles. The minimum absolute atomic E-state index is 0. The lowest BCUT2D eigenvalue weighted by atomic mass is 10.1. The van der Waals surface area contributed by atoms with Gasteiger partial charge in [0.05, 0.1) is 25.1 Å². The van der Waals surface area contributed by atoms with Crippen LogP contribution in [0.3, 0.4) is 0 Å². The van der Waals surface area contributed by atoms with Crippen molar-refractivity contribution in [1.29, 1.82) is 0 Å². The molecular weight excluding hydrogens is 481 g/mol. The Labute approximate surface area is 190 Å². The molecule has 29 heavy (non-hydrogen) atoms. The van der Waals surface area contributed by atoms with E-state index < -0.39 is 0 Å². The first kappa shape index (κ1) is 23.6. The van der Waals surface area contributed by atoms with E-state index in [1.165, 1.54) is 0 Å². The quantitative estimate of drug-likeness (QED) is 0.197. The second-order valence-corrected chi connectivity index (χ2v) is 6.89. The summed E-state index contributed by atoms with van der Waals surface area (Å²) in [6.07, 6.45) is 3.92. The molecule has 1 saturated heterocycles. The Morgan fingerprint density at radius 2 is 2.17 bits per heavy atom. The van der Waals surface area contributed by atoms with E-state index in [1.54, 1.807) is 0 Å². The molecule has 7 nitrogen and oxygen atoms in total. The molecule has 0 bridgehead atoms. The first-order valence-corrected chi connectivity index (χ1v) is 10.1. The number of nitrogens with one attached hydrogen (secondary N) is 3. The van der Waals surface area contributed by atoms with Gasteiger partial charge < -0.3 is 25.1 Å². The van der Waals surface area contributed by atoms with Crippen molar-refractivity contribution in [3.63, 3.8) is 0 Å². The summed E-state index contributed by atoms with van der Waals surface area (Å²) in [7, 11) is 0. The van der Waals surface area contributed by atoms with Crippen LogP contribution in [0.5, 0.6) is 0 Å². The van der Waals surface area contributed by atoms with Crippen LogP contribution in [0.2, 0.25) is 0 Å². The largest absolute Gasteiger partial charge is 0.381 e. The van der Waals surface area contributed by atoms with Crippen LogP contribution in [-0.2, 0) is 16.0 Å². The third kappa shape index (κ3) is 8.31. The smallest absolute Gasteiger partial charge is 0.191 e. The molecule has 1 aromatic carbocycles. The molecule has 2 heterocycles. The molecule has 0 radical (unpaired) electrons. The van der Waals surface area contributed by atoms with Crippen LogP contribution >= 0.6 is 24.0 Å². The van der Waals surface area contributed by atoms with E-state index in [0.29, 0.717) is 12.5 Å². The number of hydrogen-bond acceptors (Lipinski definition) is 4. The Hall–Kier alpha value is -1.65. The van der Waals surface area contributed by atoms with Gasteiger partial charge in [0, 0.05) is 32.2 Å². The Balaban J connectivity index is 0.00000300. The van der Waals surface area contributed by atoms with Gasteiger partial charge in [-0.15, -0.1) is 24.0 Å². The molecule has 0 spiro atoms. The average molecular weight is 513 g/mol. The van der Waals surface area contributed by atoms with Gasteiger partial charge in [0.1, 0.15) is 12.4 Å². The summed E-state index contributed by atoms with van der Waals surface area (Å²) in [5.74, 6) is 2.21. The topological polar surface area (TPSA) is 83.6 Å². The van der Waals surface area contributed by atoms with E-state index in [1.807, 2.05) is 24.4 Å². The van der Waals surface area contributed by atoms with Crippen molar-refractivity contribution in [3.05, 3.63) is 42.4 Å². The number of nitrogens with zero attached hydrogens (tertiary/aromatic N) is 2. The van der Waals surface area contributed by atoms with Gasteiger partial charge in [0.15, 0.2) is 5.96 Å². The summed E-state index contributed by atoms with van der Waals surface area (Å²) in [5.41, 5.74) is 2.13. The van der Waals surface area contributed by atoms with E-state index >= 15 is 0 Å². The Morgan fingerprint density at radius 1 is 1.31 bits per heavy atom. The molecule has 160 valence electrons. The number of rotatable bonds is 10. The fourth-order valence-electron chi connectivity index (χ4n) is 3.05. The Bertz CT molecular complexity index is 717. The van der Waals surface area contributed by atoms with Crippen LogP contribution in [0, 0.1) is 5.92 Å². The molecule has 0 saturated carbocycles. The second kappa shape index (κ2) is 13.6. The predicted molar refractivity (Wildman–Crippen MR) is 127 cm³/mol. The van der Waals surface area contributed by atoms with Crippen LogP contribution in [0.4, 0.5) is 0 Å². The minimum atomic E-state index is 0. The van der Waals surface area contributed by atoms with Gasteiger partial charge in [-0.1, -0.05) is 30.3 Å². The molecule has 1 aromatic heterocycles. The van der Waals surface area contributed by atoms with Gasteiger partial charge >= 0.3 is 0 Å². The summed E-state index contributed by atoms with van der Waals surface area (Å²) >= 11 is 0. The van der Waals surface area contributed by atoms with Gasteiger partial charge in [0.2, 0.25) is 0 Å². The molecule has 0 amide bonds. The maximum atomic E-state index is 5.74. The maximum Gasteiger partial charge on any atom is 0.191 e. The summed E-state index contributed by atoms with van der Waals surface area (Å²) in [6, 6.07) is 10.2. The predicted octanol–water partition coefficient (Wildman–Crippen LogP) is 3.19. The van der Waals surface area contributed by atoms with Crippen molar-refractivity contribution in [2.45, 2.75) is 26.3 Å². The zero-order valence-corrected chi connectivity index (χ0v) is 19.4. The number of aliphatic imine (C=N–C) groups is 1. The fraction of sp³-hybridized carbons (Fsp3) is 0.524. The molecule has 1 unspecified atom stereocenters. The first-order chi connectivity index (χ1) is 13.8. The molecule has 8 heteroatoms. The van der Waals surface area contributed by atoms with Crippen LogP contribution in [-0.4, -0.2) is 55.4 Å². The minimum Gasteiger partial charge on any atom is -0.381 e. The lowest BCUT2D eigenvalue weighted by molar-refractivity contribution is 0.0888. The third-order valence-corrected chi connectivity index (χ3v) is 4.58. The van der Waals surface area contributed by atoms with Crippen LogP contribution in [0.25, 0.3) is 11.3 Å². The fourth-order valence-corrected chi connectivity index (χ4v) is 3.05. The van der Waals surface area contributed by atoms with E-state index in [0.717, 1.165) is 75.4 Å². The normalized spacial score (nSPS) is 16.4. The van der Waals surface area contributed by atoms with Gasteiger partial charge in [0.25, 0.3) is 0 Å². The number of ether oxygens (including phenoxy) is 2. The summed E-state index contributed by atoms with van der Waals surface area (Å²) in [6.45, 7) is 7.47. The molecule has 1 fully saturated rings. The number of guanidine groups is 1. The molecule has 2 aromatic rings. The van der Waals surface area contributed by atoms with Crippen molar-refractivity contribution in [2.24, 2.45) is 10.9 Å². The summed E-state index contributed by atoms with van der Waals surface area (Å²) < 4.78 is 11.1. The molecule has 3 rings (SSSR count). The highest BCUT2D eigenvalue weighted by Gasteiger charge is 2.15. The van der Waals surface area contributed by atoms with Crippen LogP contribution in [0.1, 0.15) is 25.6 Å². The Morgan fingerprint density at radius 3 is 2.93 bits per heavy atom. The maximum absolute atomic E-state index is 5.74. The molecule has 1 aliphatic rings. The van der Waals surface area contributed by atoms with Crippen molar-refractivity contribution in [3.8, 4) is 11.3 Å². The highest BCUT2D eigenvalue weighted by Crippen LogP contribution is 2.16. The zero-order chi connectivity index (χ0) is 19.4.